The Kier molecular flexibility index (Phi) is 5.72. The minimum absolute atomic E-state index is 0.0812. The number of nitrogen functional groups attached to an aromatic ring is 1. The van der Waals surface area contributed by atoms with Crippen LogP contribution in [0.25, 0.3) is 10.7 Å². The van der Waals surface area contributed by atoms with Gasteiger partial charge in [-0.15, -0.1) is 21.5 Å². The Labute approximate surface area is 176 Å². The van der Waals surface area contributed by atoms with Gasteiger partial charge < -0.3 is 15.6 Å². The van der Waals surface area contributed by atoms with E-state index in [0.717, 1.165) is 28.1 Å². The van der Waals surface area contributed by atoms with Gasteiger partial charge in [0.25, 0.3) is 0 Å². The van der Waals surface area contributed by atoms with Crippen molar-refractivity contribution in [3.63, 3.8) is 0 Å². The van der Waals surface area contributed by atoms with E-state index in [1.807, 2.05) is 54.8 Å². The smallest absolute Gasteiger partial charge is 0.232 e. The summed E-state index contributed by atoms with van der Waals surface area (Å²) in [5.74, 6) is 2.06. The van der Waals surface area contributed by atoms with Gasteiger partial charge in [-0.05, 0) is 37.4 Å². The van der Waals surface area contributed by atoms with Crippen molar-refractivity contribution >= 4 is 40.7 Å². The first kappa shape index (κ1) is 19.3. The monoisotopic (exact) mass is 424 g/mol. The van der Waals surface area contributed by atoms with Crippen LogP contribution < -0.4 is 11.1 Å². The lowest BCUT2D eigenvalue weighted by Crippen LogP contribution is -2.09. The first-order valence-electron chi connectivity index (χ1n) is 9.11. The van der Waals surface area contributed by atoms with Crippen molar-refractivity contribution in [3.05, 3.63) is 53.7 Å². The van der Waals surface area contributed by atoms with Crippen LogP contribution in [0.5, 0.6) is 0 Å². The van der Waals surface area contributed by atoms with Gasteiger partial charge in [0.15, 0.2) is 11.0 Å². The summed E-state index contributed by atoms with van der Waals surface area (Å²) in [5.41, 5.74) is 6.81. The minimum atomic E-state index is -0.0812. The summed E-state index contributed by atoms with van der Waals surface area (Å²) in [6.45, 7) is 4.87. The first-order chi connectivity index (χ1) is 14.1. The molecule has 8 nitrogen and oxygen atoms in total. The molecule has 148 valence electrons. The maximum Gasteiger partial charge on any atom is 0.232 e. The molecular weight excluding hydrogens is 404 g/mol. The second kappa shape index (κ2) is 8.58. The summed E-state index contributed by atoms with van der Waals surface area (Å²) < 4.78 is 2.10. The number of anilines is 3. The summed E-state index contributed by atoms with van der Waals surface area (Å²) in [6.07, 6.45) is 0. The van der Waals surface area contributed by atoms with Crippen LogP contribution in [-0.2, 0) is 6.54 Å². The molecule has 0 spiro atoms. The van der Waals surface area contributed by atoms with Crippen LogP contribution in [0.3, 0.4) is 0 Å². The molecule has 3 heterocycles. The van der Waals surface area contributed by atoms with Gasteiger partial charge in [-0.2, -0.15) is 15.0 Å². The number of rotatable bonds is 7. The number of nitrogens with two attached hydrogens (primary N) is 1. The summed E-state index contributed by atoms with van der Waals surface area (Å²) in [5, 5.41) is 14.7. The van der Waals surface area contributed by atoms with Crippen LogP contribution >= 0.6 is 23.1 Å². The van der Waals surface area contributed by atoms with Crippen LogP contribution in [0.4, 0.5) is 17.6 Å². The van der Waals surface area contributed by atoms with Crippen molar-refractivity contribution < 1.29 is 0 Å². The van der Waals surface area contributed by atoms with Gasteiger partial charge in [-0.1, -0.05) is 36.0 Å². The van der Waals surface area contributed by atoms with Gasteiger partial charge in [0.2, 0.25) is 11.9 Å². The van der Waals surface area contributed by atoms with Crippen molar-refractivity contribution in [1.82, 2.24) is 29.7 Å². The van der Waals surface area contributed by atoms with E-state index in [1.165, 1.54) is 0 Å². The summed E-state index contributed by atoms with van der Waals surface area (Å²) in [4.78, 5) is 14.2. The van der Waals surface area contributed by atoms with E-state index < -0.39 is 0 Å². The van der Waals surface area contributed by atoms with Crippen molar-refractivity contribution in [2.75, 3.05) is 11.1 Å². The van der Waals surface area contributed by atoms with Crippen molar-refractivity contribution in [1.29, 1.82) is 0 Å². The highest BCUT2D eigenvalue weighted by Gasteiger charge is 2.20. The fourth-order valence-electron chi connectivity index (χ4n) is 2.76. The van der Waals surface area contributed by atoms with E-state index in [9.17, 15) is 0 Å². The average molecular weight is 425 g/mol. The number of nitrogens with zero attached hydrogens (tertiary/aromatic N) is 6. The molecule has 1 atom stereocenters. The van der Waals surface area contributed by atoms with Crippen LogP contribution in [-0.4, -0.2) is 29.7 Å². The molecule has 0 aliphatic carbocycles. The van der Waals surface area contributed by atoms with E-state index in [0.29, 0.717) is 11.8 Å². The van der Waals surface area contributed by atoms with E-state index in [2.05, 4.69) is 42.0 Å². The quantitative estimate of drug-likeness (QED) is 0.421. The highest BCUT2D eigenvalue weighted by atomic mass is 32.2. The Morgan fingerprint density at radius 2 is 1.93 bits per heavy atom. The predicted molar refractivity (Wildman–Crippen MR) is 117 cm³/mol. The fraction of sp³-hybridized carbons (Fsp3) is 0.211. The third-order valence-corrected chi connectivity index (χ3v) is 6.06. The van der Waals surface area contributed by atoms with Gasteiger partial charge in [0, 0.05) is 12.2 Å². The average Bonchev–Trinajstić information content (AvgIpc) is 3.37. The summed E-state index contributed by atoms with van der Waals surface area (Å²) >= 11 is 3.20. The number of hydrogen-bond acceptors (Lipinski definition) is 9. The maximum absolute atomic E-state index is 5.93. The number of para-hydroxylation sites is 1. The molecule has 0 fully saturated rings. The lowest BCUT2D eigenvalue weighted by atomic mass is 10.3. The maximum atomic E-state index is 5.93. The van der Waals surface area contributed by atoms with Gasteiger partial charge in [-0.3, -0.25) is 0 Å². The molecule has 10 heteroatoms. The SMILES string of the molecule is CCn1c(SC(C)c2nc(N)nc(Nc3ccccc3)n2)nnc1-c1cccs1. The molecular formula is C19H20N8S2. The van der Waals surface area contributed by atoms with Crippen molar-refractivity contribution in [2.45, 2.75) is 30.8 Å². The predicted octanol–water partition coefficient (Wildman–Crippen LogP) is 4.39. The molecule has 0 saturated heterocycles. The van der Waals surface area contributed by atoms with Crippen LogP contribution in [0.2, 0.25) is 0 Å². The Hall–Kier alpha value is -2.98. The topological polar surface area (TPSA) is 107 Å². The Morgan fingerprint density at radius 3 is 2.66 bits per heavy atom. The second-order valence-electron chi connectivity index (χ2n) is 6.15. The number of hydrogen-bond donors (Lipinski definition) is 2. The number of thiophene rings is 1. The van der Waals surface area contributed by atoms with Gasteiger partial charge >= 0.3 is 0 Å². The first-order valence-corrected chi connectivity index (χ1v) is 10.9. The lowest BCUT2D eigenvalue weighted by molar-refractivity contribution is 0.685. The number of nitrogens with one attached hydrogen (secondary N) is 1. The van der Waals surface area contributed by atoms with E-state index >= 15 is 0 Å². The molecule has 0 aliphatic rings. The third-order valence-electron chi connectivity index (χ3n) is 4.12. The molecule has 3 aromatic heterocycles. The third kappa shape index (κ3) is 4.38. The molecule has 3 N–H and O–H groups in total. The largest absolute Gasteiger partial charge is 0.368 e. The van der Waals surface area contributed by atoms with Gasteiger partial charge in [0.1, 0.15) is 5.82 Å². The number of benzene rings is 1. The van der Waals surface area contributed by atoms with E-state index in [1.54, 1.807) is 23.1 Å². The normalized spacial score (nSPS) is 12.1. The number of thioether (sulfide) groups is 1. The highest BCUT2D eigenvalue weighted by molar-refractivity contribution is 7.99. The van der Waals surface area contributed by atoms with Gasteiger partial charge in [0.05, 0.1) is 10.1 Å². The van der Waals surface area contributed by atoms with E-state index in [4.69, 9.17) is 5.73 Å². The van der Waals surface area contributed by atoms with Gasteiger partial charge in [-0.25, -0.2) is 0 Å². The van der Waals surface area contributed by atoms with Crippen molar-refractivity contribution in [2.24, 2.45) is 0 Å². The number of aromatic nitrogens is 6. The zero-order chi connectivity index (χ0) is 20.2. The zero-order valence-electron chi connectivity index (χ0n) is 16.0. The molecule has 29 heavy (non-hydrogen) atoms. The molecule has 0 amide bonds. The second-order valence-corrected chi connectivity index (χ2v) is 8.41. The van der Waals surface area contributed by atoms with Crippen LogP contribution in [0.1, 0.15) is 24.9 Å². The zero-order valence-corrected chi connectivity index (χ0v) is 17.6. The standard InChI is InChI=1S/C19H20N8S2/c1-3-27-16(14-10-7-11-28-14)25-26-19(27)29-12(2)15-22-17(20)24-18(23-15)21-13-8-5-4-6-9-13/h4-12H,3H2,1-2H3,(H3,20,21,22,23,24). The molecule has 0 bridgehead atoms. The molecule has 1 unspecified atom stereocenters. The lowest BCUT2D eigenvalue weighted by Gasteiger charge is -2.13. The van der Waals surface area contributed by atoms with Crippen LogP contribution in [0.15, 0.2) is 53.0 Å². The van der Waals surface area contributed by atoms with E-state index in [-0.39, 0.29) is 11.2 Å². The fourth-order valence-corrected chi connectivity index (χ4v) is 4.43. The molecule has 1 aromatic carbocycles. The highest BCUT2D eigenvalue weighted by Crippen LogP contribution is 2.35. The van der Waals surface area contributed by atoms with Crippen LogP contribution in [0, 0.1) is 0 Å². The molecule has 4 rings (SSSR count). The molecule has 0 aliphatic heterocycles. The molecule has 4 aromatic rings. The Balaban J connectivity index is 1.57. The molecule has 0 radical (unpaired) electrons. The Morgan fingerprint density at radius 1 is 1.10 bits per heavy atom. The minimum Gasteiger partial charge on any atom is -0.368 e. The molecule has 0 saturated carbocycles. The van der Waals surface area contributed by atoms with Crippen molar-refractivity contribution in [3.8, 4) is 10.7 Å². The summed E-state index contributed by atoms with van der Waals surface area (Å²) in [6, 6.07) is 13.8. The summed E-state index contributed by atoms with van der Waals surface area (Å²) in [7, 11) is 0. The Bertz CT molecular complexity index is 1080.